The van der Waals surface area contributed by atoms with Crippen molar-refractivity contribution >= 4 is 21.0 Å². The highest BCUT2D eigenvalue weighted by Gasteiger charge is 2.24. The van der Waals surface area contributed by atoms with E-state index in [9.17, 15) is 22.2 Å². The minimum absolute atomic E-state index is 0.0330. The normalized spacial score (nSPS) is 11.6. The molecule has 3 aromatic carbocycles. The standard InChI is InChI=1S/C23H17F2NO5S/c1-2-31-20-12-16(13-4-3-5-14(24)10-13)18(25)11-17(20)23-15-6-9-22(27)26-19(15)7-8-21(23)32(28,29)30/h3-12H,2H2,1H3,(H,26,27)(H,28,29,30). The van der Waals surface area contributed by atoms with Gasteiger partial charge in [-0.1, -0.05) is 12.1 Å². The highest BCUT2D eigenvalue weighted by Crippen LogP contribution is 2.42. The zero-order chi connectivity index (χ0) is 23.0. The molecule has 0 bridgehead atoms. The fourth-order valence-electron chi connectivity index (χ4n) is 3.61. The Morgan fingerprint density at radius 3 is 2.47 bits per heavy atom. The second-order valence-electron chi connectivity index (χ2n) is 6.97. The Morgan fingerprint density at radius 1 is 1.00 bits per heavy atom. The number of hydrogen-bond acceptors (Lipinski definition) is 4. The summed E-state index contributed by atoms with van der Waals surface area (Å²) >= 11 is 0. The smallest absolute Gasteiger partial charge is 0.295 e. The number of aromatic nitrogens is 1. The average Bonchev–Trinajstić information content (AvgIpc) is 2.73. The maximum atomic E-state index is 15.2. The molecule has 0 amide bonds. The lowest BCUT2D eigenvalue weighted by molar-refractivity contribution is 0.341. The molecule has 0 radical (unpaired) electrons. The molecule has 4 aromatic rings. The molecular formula is C23H17F2NO5S. The summed E-state index contributed by atoms with van der Waals surface area (Å²) in [5.41, 5.74) is 0.216. The van der Waals surface area contributed by atoms with Gasteiger partial charge in [0.25, 0.3) is 10.1 Å². The summed E-state index contributed by atoms with van der Waals surface area (Å²) in [6.45, 7) is 1.86. The molecule has 9 heteroatoms. The molecule has 164 valence electrons. The third-order valence-electron chi connectivity index (χ3n) is 4.92. The number of aromatic amines is 1. The average molecular weight is 457 g/mol. The quantitative estimate of drug-likeness (QED) is 0.420. The van der Waals surface area contributed by atoms with Crippen LogP contribution in [0.1, 0.15) is 6.92 Å². The van der Waals surface area contributed by atoms with Gasteiger partial charge in [0.2, 0.25) is 5.56 Å². The van der Waals surface area contributed by atoms with E-state index in [1.54, 1.807) is 6.92 Å². The second-order valence-corrected chi connectivity index (χ2v) is 8.36. The molecule has 0 aliphatic heterocycles. The molecule has 0 aliphatic rings. The van der Waals surface area contributed by atoms with Crippen molar-refractivity contribution in [3.05, 3.63) is 82.7 Å². The van der Waals surface area contributed by atoms with Crippen LogP contribution >= 0.6 is 0 Å². The van der Waals surface area contributed by atoms with Crippen LogP contribution in [-0.2, 0) is 10.1 Å². The van der Waals surface area contributed by atoms with Crippen LogP contribution in [0.3, 0.4) is 0 Å². The molecule has 6 nitrogen and oxygen atoms in total. The van der Waals surface area contributed by atoms with Crippen molar-refractivity contribution < 1.29 is 26.5 Å². The van der Waals surface area contributed by atoms with Crippen molar-refractivity contribution in [3.63, 3.8) is 0 Å². The Kier molecular flexibility index (Phi) is 5.53. The first-order valence-corrected chi connectivity index (χ1v) is 11.0. The van der Waals surface area contributed by atoms with E-state index < -0.39 is 32.2 Å². The molecule has 0 saturated heterocycles. The van der Waals surface area contributed by atoms with Gasteiger partial charge in [-0.2, -0.15) is 8.42 Å². The molecular weight excluding hydrogens is 440 g/mol. The summed E-state index contributed by atoms with van der Waals surface area (Å²) in [6.07, 6.45) is 0. The Morgan fingerprint density at radius 2 is 1.78 bits per heavy atom. The Bertz CT molecular complexity index is 1510. The van der Waals surface area contributed by atoms with Gasteiger partial charge in [-0.25, -0.2) is 8.78 Å². The van der Waals surface area contributed by atoms with Crippen LogP contribution < -0.4 is 10.3 Å². The zero-order valence-electron chi connectivity index (χ0n) is 16.7. The minimum atomic E-state index is -4.72. The van der Waals surface area contributed by atoms with Crippen molar-refractivity contribution in [3.8, 4) is 28.0 Å². The summed E-state index contributed by atoms with van der Waals surface area (Å²) in [4.78, 5) is 13.8. The van der Waals surface area contributed by atoms with E-state index in [0.717, 1.165) is 12.1 Å². The Balaban J connectivity index is 2.09. The van der Waals surface area contributed by atoms with Crippen molar-refractivity contribution in [1.29, 1.82) is 0 Å². The topological polar surface area (TPSA) is 96.5 Å². The predicted molar refractivity (Wildman–Crippen MR) is 116 cm³/mol. The van der Waals surface area contributed by atoms with E-state index in [-0.39, 0.29) is 45.5 Å². The molecule has 1 aromatic heterocycles. The van der Waals surface area contributed by atoms with E-state index in [1.807, 2.05) is 0 Å². The van der Waals surface area contributed by atoms with Crippen molar-refractivity contribution in [2.75, 3.05) is 6.61 Å². The first-order valence-electron chi connectivity index (χ1n) is 9.55. The maximum absolute atomic E-state index is 15.2. The highest BCUT2D eigenvalue weighted by molar-refractivity contribution is 7.86. The fourth-order valence-corrected chi connectivity index (χ4v) is 4.33. The first kappa shape index (κ1) is 21.7. The van der Waals surface area contributed by atoms with E-state index in [1.165, 1.54) is 48.5 Å². The van der Waals surface area contributed by atoms with Gasteiger partial charge in [0.15, 0.2) is 0 Å². The number of H-pyrrole nitrogens is 1. The summed E-state index contributed by atoms with van der Waals surface area (Å²) < 4.78 is 68.7. The summed E-state index contributed by atoms with van der Waals surface area (Å²) in [6, 6.07) is 12.8. The van der Waals surface area contributed by atoms with Crippen LogP contribution in [0, 0.1) is 11.6 Å². The van der Waals surface area contributed by atoms with E-state index in [0.29, 0.717) is 0 Å². The number of halogens is 2. The predicted octanol–water partition coefficient (Wildman–Crippen LogP) is 4.79. The van der Waals surface area contributed by atoms with Gasteiger partial charge in [-0.05, 0) is 55.0 Å². The van der Waals surface area contributed by atoms with Gasteiger partial charge < -0.3 is 9.72 Å². The number of ether oxygens (including phenoxy) is 1. The Hall–Kier alpha value is -3.56. The van der Waals surface area contributed by atoms with Gasteiger partial charge in [0.05, 0.1) is 6.61 Å². The number of hydrogen-bond donors (Lipinski definition) is 2. The van der Waals surface area contributed by atoms with Crippen LogP contribution in [0.2, 0.25) is 0 Å². The summed E-state index contributed by atoms with van der Waals surface area (Å²) in [5, 5.41) is 0.263. The molecule has 0 fully saturated rings. The fraction of sp³-hybridized carbons (Fsp3) is 0.0870. The van der Waals surface area contributed by atoms with Gasteiger partial charge in [-0.3, -0.25) is 9.35 Å². The number of nitrogens with one attached hydrogen (secondary N) is 1. The van der Waals surface area contributed by atoms with E-state index in [4.69, 9.17) is 4.74 Å². The number of rotatable bonds is 5. The van der Waals surface area contributed by atoms with Crippen LogP contribution in [0.25, 0.3) is 33.2 Å². The highest BCUT2D eigenvalue weighted by atomic mass is 32.2. The molecule has 0 atom stereocenters. The third-order valence-corrected chi connectivity index (χ3v) is 5.81. The van der Waals surface area contributed by atoms with Crippen molar-refractivity contribution in [2.45, 2.75) is 11.8 Å². The van der Waals surface area contributed by atoms with Crippen LogP contribution in [-0.4, -0.2) is 24.6 Å². The van der Waals surface area contributed by atoms with Crippen LogP contribution in [0.4, 0.5) is 8.78 Å². The largest absolute Gasteiger partial charge is 0.493 e. The number of fused-ring (bicyclic) bond motifs is 1. The first-order chi connectivity index (χ1) is 15.2. The Labute approximate surface area is 181 Å². The maximum Gasteiger partial charge on any atom is 0.295 e. The van der Waals surface area contributed by atoms with Gasteiger partial charge in [0.1, 0.15) is 22.3 Å². The molecule has 1 heterocycles. The van der Waals surface area contributed by atoms with Crippen molar-refractivity contribution in [2.24, 2.45) is 0 Å². The number of benzene rings is 3. The number of pyridine rings is 1. The van der Waals surface area contributed by atoms with Crippen molar-refractivity contribution in [1.82, 2.24) is 4.98 Å². The van der Waals surface area contributed by atoms with Gasteiger partial charge in [-0.15, -0.1) is 0 Å². The summed E-state index contributed by atoms with van der Waals surface area (Å²) in [7, 11) is -4.72. The third kappa shape index (κ3) is 4.00. The zero-order valence-corrected chi connectivity index (χ0v) is 17.5. The van der Waals surface area contributed by atoms with Crippen LogP contribution in [0.5, 0.6) is 5.75 Å². The van der Waals surface area contributed by atoms with E-state index in [2.05, 4.69) is 4.98 Å². The molecule has 4 rings (SSSR count). The molecule has 2 N–H and O–H groups in total. The second kappa shape index (κ2) is 8.18. The molecule has 0 unspecified atom stereocenters. The van der Waals surface area contributed by atoms with Gasteiger partial charge in [0, 0.05) is 33.7 Å². The molecule has 0 spiro atoms. The summed E-state index contributed by atoms with van der Waals surface area (Å²) in [5.74, 6) is -1.18. The lowest BCUT2D eigenvalue weighted by Gasteiger charge is -2.17. The van der Waals surface area contributed by atoms with E-state index >= 15 is 4.39 Å². The van der Waals surface area contributed by atoms with Crippen LogP contribution in [0.15, 0.2) is 70.4 Å². The lowest BCUT2D eigenvalue weighted by Crippen LogP contribution is -2.07. The SMILES string of the molecule is CCOc1cc(-c2cccc(F)c2)c(F)cc1-c1c(S(=O)(=O)O)ccc2[nH]c(=O)ccc12. The molecule has 0 saturated carbocycles. The van der Waals surface area contributed by atoms with Gasteiger partial charge >= 0.3 is 0 Å². The molecule has 0 aliphatic carbocycles. The lowest BCUT2D eigenvalue weighted by atomic mass is 9.95. The molecule has 32 heavy (non-hydrogen) atoms. The minimum Gasteiger partial charge on any atom is -0.493 e. The monoisotopic (exact) mass is 457 g/mol.